The topological polar surface area (TPSA) is 61.4 Å². The van der Waals surface area contributed by atoms with Crippen LogP contribution in [0.4, 0.5) is 16.2 Å². The molecule has 0 heterocycles. The molecule has 2 amide bonds. The monoisotopic (exact) mass is 436 g/mol. The zero-order valence-electron chi connectivity index (χ0n) is 11.7. The van der Waals surface area contributed by atoms with Crippen LogP contribution in [0.2, 0.25) is 15.1 Å². The predicted octanol–water partition coefficient (Wildman–Crippen LogP) is 5.59. The van der Waals surface area contributed by atoms with Gasteiger partial charge in [0.2, 0.25) is 0 Å². The fraction of sp³-hybridized carbons (Fsp3) is 0.133. The van der Waals surface area contributed by atoms with Crippen LogP contribution in [0, 0.1) is 0 Å². The molecule has 0 atom stereocenters. The van der Waals surface area contributed by atoms with Crippen molar-refractivity contribution in [1.29, 1.82) is 0 Å². The summed E-state index contributed by atoms with van der Waals surface area (Å²) in [6, 6.07) is 7.70. The van der Waals surface area contributed by atoms with Crippen LogP contribution >= 0.6 is 50.7 Å². The molecular weight excluding hydrogens is 426 g/mol. The lowest BCUT2D eigenvalue weighted by Crippen LogP contribution is -2.20. The van der Waals surface area contributed by atoms with E-state index in [2.05, 4.69) is 26.6 Å². The zero-order valence-corrected chi connectivity index (χ0v) is 15.5. The Morgan fingerprint density at radius 3 is 2.39 bits per heavy atom. The summed E-state index contributed by atoms with van der Waals surface area (Å²) >= 11 is 21.3. The van der Waals surface area contributed by atoms with Crippen molar-refractivity contribution >= 4 is 68.1 Å². The number of aliphatic hydroxyl groups excluding tert-OH is 1. The maximum Gasteiger partial charge on any atom is 0.323 e. The lowest BCUT2D eigenvalue weighted by molar-refractivity contribution is 0.262. The van der Waals surface area contributed by atoms with Gasteiger partial charge in [-0.15, -0.1) is 0 Å². The second kappa shape index (κ2) is 8.22. The van der Waals surface area contributed by atoms with Crippen molar-refractivity contribution in [3.8, 4) is 0 Å². The van der Waals surface area contributed by atoms with E-state index in [4.69, 9.17) is 39.9 Å². The molecule has 122 valence electrons. The molecule has 0 aliphatic carbocycles. The van der Waals surface area contributed by atoms with Crippen molar-refractivity contribution < 1.29 is 9.90 Å². The number of anilines is 2. The van der Waals surface area contributed by atoms with Gasteiger partial charge in [0.25, 0.3) is 0 Å². The van der Waals surface area contributed by atoms with Gasteiger partial charge >= 0.3 is 6.03 Å². The van der Waals surface area contributed by atoms with E-state index in [1.807, 2.05) is 0 Å². The third-order valence-electron chi connectivity index (χ3n) is 2.89. The highest BCUT2D eigenvalue weighted by atomic mass is 79.9. The number of benzene rings is 2. The molecule has 0 aromatic heterocycles. The Hall–Kier alpha value is -0.980. The molecule has 0 saturated heterocycles. The van der Waals surface area contributed by atoms with Crippen LogP contribution in [0.1, 0.15) is 5.56 Å². The summed E-state index contributed by atoms with van der Waals surface area (Å²) in [5.74, 6) is 0. The van der Waals surface area contributed by atoms with E-state index in [9.17, 15) is 4.79 Å². The Balaban J connectivity index is 2.19. The summed E-state index contributed by atoms with van der Waals surface area (Å²) in [7, 11) is 0. The number of aliphatic hydroxyl groups is 1. The van der Waals surface area contributed by atoms with Crippen molar-refractivity contribution in [2.75, 3.05) is 17.2 Å². The van der Waals surface area contributed by atoms with Gasteiger partial charge in [-0.3, -0.25) is 0 Å². The van der Waals surface area contributed by atoms with Gasteiger partial charge in [0.1, 0.15) is 0 Å². The largest absolute Gasteiger partial charge is 0.396 e. The molecule has 0 saturated carbocycles. The number of hydrogen-bond acceptors (Lipinski definition) is 2. The molecule has 0 spiro atoms. The van der Waals surface area contributed by atoms with Crippen LogP contribution in [0.15, 0.2) is 34.8 Å². The van der Waals surface area contributed by atoms with Gasteiger partial charge in [-0.1, -0.05) is 50.7 Å². The van der Waals surface area contributed by atoms with Gasteiger partial charge in [-0.25, -0.2) is 4.79 Å². The number of carbonyl (C=O) groups excluding carboxylic acids is 1. The van der Waals surface area contributed by atoms with Crippen LogP contribution in [-0.4, -0.2) is 17.7 Å². The number of rotatable bonds is 4. The van der Waals surface area contributed by atoms with Crippen molar-refractivity contribution in [2.24, 2.45) is 0 Å². The van der Waals surface area contributed by atoms with E-state index in [0.29, 0.717) is 38.4 Å². The molecule has 0 radical (unpaired) electrons. The fourth-order valence-corrected chi connectivity index (χ4v) is 3.44. The van der Waals surface area contributed by atoms with Crippen molar-refractivity contribution in [3.63, 3.8) is 0 Å². The third-order valence-corrected chi connectivity index (χ3v) is 4.12. The van der Waals surface area contributed by atoms with E-state index in [1.165, 1.54) is 0 Å². The minimum atomic E-state index is -0.475. The fourth-order valence-electron chi connectivity index (χ4n) is 1.99. The molecule has 0 bridgehead atoms. The number of halogens is 4. The molecule has 4 nitrogen and oxygen atoms in total. The minimum absolute atomic E-state index is 0.0983. The second-order valence-corrected chi connectivity index (χ2v) is 6.82. The first-order chi connectivity index (χ1) is 10.9. The Morgan fingerprint density at radius 2 is 1.74 bits per heavy atom. The number of urea groups is 1. The second-order valence-electron chi connectivity index (χ2n) is 4.62. The zero-order chi connectivity index (χ0) is 17.0. The van der Waals surface area contributed by atoms with E-state index >= 15 is 0 Å². The summed E-state index contributed by atoms with van der Waals surface area (Å²) < 4.78 is 0.743. The highest BCUT2D eigenvalue weighted by Gasteiger charge is 2.12. The first kappa shape index (κ1) is 18.4. The SMILES string of the molecule is O=C(Nc1cc(Cl)cc(Br)c1)Nc1cc(Cl)cc(Cl)c1CCO. The van der Waals surface area contributed by atoms with Gasteiger partial charge in [0.15, 0.2) is 0 Å². The average Bonchev–Trinajstić information content (AvgIpc) is 2.41. The van der Waals surface area contributed by atoms with Gasteiger partial charge in [0, 0.05) is 37.5 Å². The molecule has 0 fully saturated rings. The maximum absolute atomic E-state index is 12.2. The van der Waals surface area contributed by atoms with Gasteiger partial charge in [-0.2, -0.15) is 0 Å². The highest BCUT2D eigenvalue weighted by Crippen LogP contribution is 2.30. The Kier molecular flexibility index (Phi) is 6.56. The highest BCUT2D eigenvalue weighted by molar-refractivity contribution is 9.10. The molecule has 23 heavy (non-hydrogen) atoms. The number of carbonyl (C=O) groups is 1. The number of amides is 2. The third kappa shape index (κ3) is 5.26. The molecule has 2 aromatic carbocycles. The Labute approximate surface area is 156 Å². The van der Waals surface area contributed by atoms with E-state index < -0.39 is 6.03 Å². The molecular formula is C15H12BrCl3N2O2. The van der Waals surface area contributed by atoms with E-state index in [1.54, 1.807) is 30.3 Å². The molecule has 0 aliphatic rings. The van der Waals surface area contributed by atoms with Gasteiger partial charge < -0.3 is 15.7 Å². The quantitative estimate of drug-likeness (QED) is 0.583. The Morgan fingerprint density at radius 1 is 1.04 bits per heavy atom. The predicted molar refractivity (Wildman–Crippen MR) is 99.0 cm³/mol. The minimum Gasteiger partial charge on any atom is -0.396 e. The smallest absolute Gasteiger partial charge is 0.323 e. The number of nitrogens with one attached hydrogen (secondary N) is 2. The van der Waals surface area contributed by atoms with Crippen LogP contribution in [0.25, 0.3) is 0 Å². The molecule has 3 N–H and O–H groups in total. The van der Waals surface area contributed by atoms with Crippen LogP contribution in [0.5, 0.6) is 0 Å². The van der Waals surface area contributed by atoms with Crippen LogP contribution in [0.3, 0.4) is 0 Å². The van der Waals surface area contributed by atoms with E-state index in [-0.39, 0.29) is 6.61 Å². The van der Waals surface area contributed by atoms with Crippen LogP contribution in [-0.2, 0) is 6.42 Å². The average molecular weight is 439 g/mol. The van der Waals surface area contributed by atoms with Gasteiger partial charge in [-0.05, 0) is 42.3 Å². The Bertz CT molecular complexity index is 721. The summed E-state index contributed by atoms with van der Waals surface area (Å²) in [6.45, 7) is -0.0983. The number of hydrogen-bond donors (Lipinski definition) is 3. The molecule has 0 unspecified atom stereocenters. The standard InChI is InChI=1S/C15H12BrCl3N2O2/c16-8-3-9(17)5-11(4-8)20-15(23)21-14-7-10(18)6-13(19)12(14)1-2-22/h3-7,22H,1-2H2,(H2,20,21,23). The molecule has 2 aromatic rings. The lowest BCUT2D eigenvalue weighted by Gasteiger charge is -2.14. The van der Waals surface area contributed by atoms with Crippen molar-refractivity contribution in [2.45, 2.75) is 6.42 Å². The van der Waals surface area contributed by atoms with Crippen LogP contribution < -0.4 is 10.6 Å². The molecule has 8 heteroatoms. The summed E-state index contributed by atoms with van der Waals surface area (Å²) in [5.41, 5.74) is 1.58. The maximum atomic E-state index is 12.2. The molecule has 2 rings (SSSR count). The van der Waals surface area contributed by atoms with Gasteiger partial charge in [0.05, 0.1) is 0 Å². The lowest BCUT2D eigenvalue weighted by atomic mass is 10.1. The molecule has 0 aliphatic heterocycles. The normalized spacial score (nSPS) is 10.5. The summed E-state index contributed by atoms with van der Waals surface area (Å²) in [6.07, 6.45) is 0.300. The summed E-state index contributed by atoms with van der Waals surface area (Å²) in [5, 5.41) is 15.7. The van der Waals surface area contributed by atoms with Crippen molar-refractivity contribution in [3.05, 3.63) is 55.4 Å². The van der Waals surface area contributed by atoms with Crippen molar-refractivity contribution in [1.82, 2.24) is 0 Å². The van der Waals surface area contributed by atoms with E-state index in [0.717, 1.165) is 4.47 Å². The summed E-state index contributed by atoms with van der Waals surface area (Å²) in [4.78, 5) is 12.2. The first-order valence-electron chi connectivity index (χ1n) is 6.52. The first-order valence-corrected chi connectivity index (χ1v) is 8.44.